The largest absolute Gasteiger partial charge is 0.269 e. The highest BCUT2D eigenvalue weighted by Gasteiger charge is 2.45. The lowest BCUT2D eigenvalue weighted by molar-refractivity contribution is -0.123. The second-order valence-electron chi connectivity index (χ2n) is 7.96. The van der Waals surface area contributed by atoms with Gasteiger partial charge in [-0.1, -0.05) is 36.4 Å². The standard InChI is InChI=1S/C21H20N2O5S2/c1-21(2,3)23-20(24)13-19(30(23,27)28)17-14-22(18-12-8-7-11-16(17)18)29(25,26)15-9-5-4-6-10-15/h4-14H,1-3H3. The maximum Gasteiger partial charge on any atom is 0.268 e. The van der Waals surface area contributed by atoms with Gasteiger partial charge in [0.2, 0.25) is 0 Å². The predicted molar refractivity (Wildman–Crippen MR) is 114 cm³/mol. The summed E-state index contributed by atoms with van der Waals surface area (Å²) in [5.41, 5.74) is -0.456. The second kappa shape index (κ2) is 6.55. The highest BCUT2D eigenvalue weighted by molar-refractivity contribution is 7.99. The molecular formula is C21H20N2O5S2. The van der Waals surface area contributed by atoms with Crippen molar-refractivity contribution in [1.29, 1.82) is 0 Å². The van der Waals surface area contributed by atoms with Gasteiger partial charge in [-0.3, -0.25) is 4.79 Å². The van der Waals surface area contributed by atoms with Crippen molar-refractivity contribution in [3.8, 4) is 0 Å². The van der Waals surface area contributed by atoms with Gasteiger partial charge in [0.15, 0.2) is 0 Å². The van der Waals surface area contributed by atoms with Crippen LogP contribution in [0.2, 0.25) is 0 Å². The molecule has 7 nitrogen and oxygen atoms in total. The molecule has 3 aromatic rings. The molecule has 1 aliphatic rings. The van der Waals surface area contributed by atoms with Crippen LogP contribution in [0, 0.1) is 0 Å². The van der Waals surface area contributed by atoms with E-state index in [1.165, 1.54) is 18.3 Å². The maximum atomic E-state index is 13.2. The van der Waals surface area contributed by atoms with Gasteiger partial charge in [0.25, 0.3) is 26.0 Å². The van der Waals surface area contributed by atoms with E-state index in [1.54, 1.807) is 63.2 Å². The van der Waals surface area contributed by atoms with Gasteiger partial charge >= 0.3 is 0 Å². The Morgan fingerprint density at radius 2 is 1.50 bits per heavy atom. The number of sulfonamides is 1. The smallest absolute Gasteiger partial charge is 0.268 e. The lowest BCUT2D eigenvalue weighted by atomic mass is 10.1. The number of benzene rings is 2. The van der Waals surface area contributed by atoms with Gasteiger partial charge in [0.05, 0.1) is 16.0 Å². The van der Waals surface area contributed by atoms with E-state index in [1.807, 2.05) is 0 Å². The molecule has 0 saturated heterocycles. The fourth-order valence-electron chi connectivity index (χ4n) is 3.62. The van der Waals surface area contributed by atoms with Crippen molar-refractivity contribution < 1.29 is 21.6 Å². The zero-order valence-corrected chi connectivity index (χ0v) is 18.2. The van der Waals surface area contributed by atoms with Crippen LogP contribution in [-0.2, 0) is 24.8 Å². The Morgan fingerprint density at radius 3 is 2.10 bits per heavy atom. The molecule has 1 aromatic heterocycles. The van der Waals surface area contributed by atoms with Crippen molar-refractivity contribution in [2.75, 3.05) is 0 Å². The molecule has 1 amide bonds. The maximum absolute atomic E-state index is 13.2. The molecule has 0 bridgehead atoms. The van der Waals surface area contributed by atoms with Gasteiger partial charge < -0.3 is 0 Å². The summed E-state index contributed by atoms with van der Waals surface area (Å²) in [6.45, 7) is 4.88. The Bertz CT molecular complexity index is 1410. The monoisotopic (exact) mass is 444 g/mol. The molecule has 9 heteroatoms. The minimum atomic E-state index is -4.14. The molecule has 1 aliphatic heterocycles. The first-order valence-electron chi connectivity index (χ1n) is 9.18. The minimum absolute atomic E-state index is 0.0768. The lowest BCUT2D eigenvalue weighted by Gasteiger charge is -2.30. The molecule has 156 valence electrons. The van der Waals surface area contributed by atoms with E-state index >= 15 is 0 Å². The second-order valence-corrected chi connectivity index (χ2v) is 11.5. The van der Waals surface area contributed by atoms with E-state index in [0.29, 0.717) is 10.9 Å². The van der Waals surface area contributed by atoms with Gasteiger partial charge in [0.1, 0.15) is 4.91 Å². The predicted octanol–water partition coefficient (Wildman–Crippen LogP) is 3.19. The van der Waals surface area contributed by atoms with Gasteiger partial charge in [-0.15, -0.1) is 0 Å². The molecule has 0 radical (unpaired) electrons. The lowest BCUT2D eigenvalue weighted by Crippen LogP contribution is -2.45. The molecule has 0 spiro atoms. The third-order valence-electron chi connectivity index (χ3n) is 4.83. The fraction of sp³-hybridized carbons (Fsp3) is 0.190. The van der Waals surface area contributed by atoms with Crippen LogP contribution in [0.1, 0.15) is 26.3 Å². The van der Waals surface area contributed by atoms with Gasteiger partial charge in [0, 0.05) is 23.2 Å². The normalized spacial score (nSPS) is 16.8. The highest BCUT2D eigenvalue weighted by atomic mass is 32.2. The third-order valence-corrected chi connectivity index (χ3v) is 8.62. The van der Waals surface area contributed by atoms with E-state index in [9.17, 15) is 21.6 Å². The van der Waals surface area contributed by atoms with Crippen LogP contribution < -0.4 is 0 Å². The van der Waals surface area contributed by atoms with Crippen LogP contribution in [0.4, 0.5) is 0 Å². The molecule has 0 aliphatic carbocycles. The molecule has 0 fully saturated rings. The fourth-order valence-corrected chi connectivity index (χ4v) is 6.91. The summed E-state index contributed by atoms with van der Waals surface area (Å²) in [7, 11) is -8.11. The summed E-state index contributed by atoms with van der Waals surface area (Å²) in [5.74, 6) is -0.653. The number of nitrogens with zero attached hydrogens (tertiary/aromatic N) is 2. The Morgan fingerprint density at radius 1 is 0.900 bits per heavy atom. The van der Waals surface area contributed by atoms with Crippen LogP contribution in [0.5, 0.6) is 0 Å². The van der Waals surface area contributed by atoms with Crippen molar-refractivity contribution in [3.63, 3.8) is 0 Å². The van der Waals surface area contributed by atoms with Gasteiger partial charge in [-0.05, 0) is 39.0 Å². The van der Waals surface area contributed by atoms with E-state index in [0.717, 1.165) is 14.4 Å². The van der Waals surface area contributed by atoms with Gasteiger partial charge in [-0.2, -0.15) is 0 Å². The third kappa shape index (κ3) is 2.96. The summed E-state index contributed by atoms with van der Waals surface area (Å²) < 4.78 is 54.8. The average Bonchev–Trinajstić information content (AvgIpc) is 3.16. The summed E-state index contributed by atoms with van der Waals surface area (Å²) in [6, 6.07) is 14.5. The van der Waals surface area contributed by atoms with E-state index in [-0.39, 0.29) is 15.4 Å². The van der Waals surface area contributed by atoms with Crippen molar-refractivity contribution in [3.05, 3.63) is 72.4 Å². The van der Waals surface area contributed by atoms with Crippen LogP contribution in [-0.4, -0.2) is 36.6 Å². The van der Waals surface area contributed by atoms with E-state index in [2.05, 4.69) is 0 Å². The summed E-state index contributed by atoms with van der Waals surface area (Å²) >= 11 is 0. The van der Waals surface area contributed by atoms with Crippen molar-refractivity contribution >= 4 is 41.8 Å². The topological polar surface area (TPSA) is 93.5 Å². The number of hydrogen-bond acceptors (Lipinski definition) is 5. The number of fused-ring (bicyclic) bond motifs is 1. The first-order chi connectivity index (χ1) is 14.0. The number of carbonyl (C=O) groups excluding carboxylic acids is 1. The molecule has 30 heavy (non-hydrogen) atoms. The van der Waals surface area contributed by atoms with Crippen molar-refractivity contribution in [2.45, 2.75) is 31.2 Å². The Labute approximate surface area is 175 Å². The van der Waals surface area contributed by atoms with E-state index in [4.69, 9.17) is 0 Å². The van der Waals surface area contributed by atoms with Crippen molar-refractivity contribution in [2.24, 2.45) is 0 Å². The number of hydrogen-bond donors (Lipinski definition) is 0. The van der Waals surface area contributed by atoms with Gasteiger partial charge in [-0.25, -0.2) is 25.1 Å². The number of carbonyl (C=O) groups is 1. The number of para-hydroxylation sites is 1. The minimum Gasteiger partial charge on any atom is -0.269 e. The molecular weight excluding hydrogens is 424 g/mol. The molecule has 0 N–H and O–H groups in total. The molecule has 2 aromatic carbocycles. The molecule has 0 unspecified atom stereocenters. The highest BCUT2D eigenvalue weighted by Crippen LogP contribution is 2.39. The molecule has 0 atom stereocenters. The average molecular weight is 445 g/mol. The first-order valence-corrected chi connectivity index (χ1v) is 12.1. The summed E-state index contributed by atoms with van der Waals surface area (Å²) in [4.78, 5) is 12.4. The van der Waals surface area contributed by atoms with Crippen molar-refractivity contribution in [1.82, 2.24) is 8.28 Å². The number of aromatic nitrogens is 1. The van der Waals surface area contributed by atoms with Crippen LogP contribution in [0.3, 0.4) is 0 Å². The Kier molecular flexibility index (Phi) is 4.44. The molecule has 2 heterocycles. The van der Waals surface area contributed by atoms with E-state index < -0.39 is 31.5 Å². The number of rotatable bonds is 3. The van der Waals surface area contributed by atoms with Crippen LogP contribution >= 0.6 is 0 Å². The Balaban J connectivity index is 1.98. The number of amides is 1. The summed E-state index contributed by atoms with van der Waals surface area (Å²) in [6.07, 6.45) is 2.33. The quantitative estimate of drug-likeness (QED) is 0.618. The molecule has 0 saturated carbocycles. The Hall–Kier alpha value is -2.91. The SMILES string of the molecule is CC(C)(C)N1C(=O)C=C(c2cn(S(=O)(=O)c3ccccc3)c3ccccc23)S1(=O)=O. The van der Waals surface area contributed by atoms with Crippen LogP contribution in [0.25, 0.3) is 15.8 Å². The molecule has 4 rings (SSSR count). The zero-order chi connectivity index (χ0) is 21.9. The summed E-state index contributed by atoms with van der Waals surface area (Å²) in [5, 5.41) is 0.426. The zero-order valence-electron chi connectivity index (χ0n) is 16.6. The first kappa shape index (κ1) is 20.4. The van der Waals surface area contributed by atoms with Crippen LogP contribution in [0.15, 0.2) is 71.8 Å².